The minimum atomic E-state index is -0.760. The van der Waals surface area contributed by atoms with Gasteiger partial charge in [-0.25, -0.2) is 0 Å². The summed E-state index contributed by atoms with van der Waals surface area (Å²) in [6.45, 7) is 1.69. The molecule has 8 nitrogen and oxygen atoms in total. The molecule has 8 heteroatoms. The van der Waals surface area contributed by atoms with Gasteiger partial charge < -0.3 is 20.4 Å². The molecule has 4 N–H and O–H groups in total. The highest BCUT2D eigenvalue weighted by molar-refractivity contribution is 5.69. The Balaban J connectivity index is 0. The smallest absolute Gasteiger partial charge is 0.306 e. The molecule has 0 saturated heterocycles. The molecule has 0 radical (unpaired) electrons. The standard InChI is InChI=1S/C10H18O4.C9H16O4/c1-8(10(13)14)6-4-2-3-5-7-9(11)12;10-8(11)6-4-2-1-3-5-7-9(12)13/h8H,2-7H2,1H3,(H,11,12)(H,13,14);1-7H2,(H,10,11)(H,12,13). The molecule has 0 fully saturated rings. The SMILES string of the molecule is CC(CCCCCCC(=O)O)C(=O)O.O=C(O)CCCCCCCC(=O)O. The molecule has 0 aromatic carbocycles. The lowest BCUT2D eigenvalue weighted by Gasteiger charge is -2.04. The van der Waals surface area contributed by atoms with Crippen LogP contribution in [0.4, 0.5) is 0 Å². The van der Waals surface area contributed by atoms with Gasteiger partial charge in [0.1, 0.15) is 0 Å². The fourth-order valence-electron chi connectivity index (χ4n) is 2.29. The monoisotopic (exact) mass is 390 g/mol. The van der Waals surface area contributed by atoms with Crippen molar-refractivity contribution in [1.82, 2.24) is 0 Å². The molecule has 158 valence electrons. The zero-order valence-electron chi connectivity index (χ0n) is 16.2. The van der Waals surface area contributed by atoms with Crippen molar-refractivity contribution in [3.8, 4) is 0 Å². The van der Waals surface area contributed by atoms with Gasteiger partial charge in [-0.05, 0) is 25.7 Å². The number of carboxylic acid groups (broad SMARTS) is 4. The molecule has 0 aliphatic carbocycles. The fraction of sp³-hybridized carbons (Fsp3) is 0.789. The summed E-state index contributed by atoms with van der Waals surface area (Å²) in [4.78, 5) is 40.8. The third-order valence-electron chi connectivity index (χ3n) is 3.98. The van der Waals surface area contributed by atoms with Crippen molar-refractivity contribution < 1.29 is 39.6 Å². The number of hydrogen-bond acceptors (Lipinski definition) is 4. The van der Waals surface area contributed by atoms with E-state index in [1.165, 1.54) is 0 Å². The second-order valence-corrected chi connectivity index (χ2v) is 6.64. The zero-order chi connectivity index (χ0) is 21.1. The van der Waals surface area contributed by atoms with Gasteiger partial charge in [-0.15, -0.1) is 0 Å². The lowest BCUT2D eigenvalue weighted by molar-refractivity contribution is -0.141. The largest absolute Gasteiger partial charge is 0.481 e. The summed E-state index contributed by atoms with van der Waals surface area (Å²) in [5, 5.41) is 33.6. The normalized spacial score (nSPS) is 11.1. The number of rotatable bonds is 16. The van der Waals surface area contributed by atoms with Crippen LogP contribution in [0.15, 0.2) is 0 Å². The van der Waals surface area contributed by atoms with E-state index in [1.807, 2.05) is 0 Å². The molecule has 0 aliphatic rings. The Morgan fingerprint density at radius 3 is 1.15 bits per heavy atom. The van der Waals surface area contributed by atoms with Crippen LogP contribution in [0.3, 0.4) is 0 Å². The maximum absolute atomic E-state index is 10.4. The predicted molar refractivity (Wildman–Crippen MR) is 99.7 cm³/mol. The van der Waals surface area contributed by atoms with Crippen molar-refractivity contribution in [2.75, 3.05) is 0 Å². The van der Waals surface area contributed by atoms with Gasteiger partial charge in [-0.3, -0.25) is 19.2 Å². The second kappa shape index (κ2) is 18.7. The van der Waals surface area contributed by atoms with Crippen LogP contribution in [0.1, 0.15) is 90.4 Å². The number of carboxylic acids is 4. The average molecular weight is 390 g/mol. The van der Waals surface area contributed by atoms with Gasteiger partial charge in [0.25, 0.3) is 0 Å². The maximum Gasteiger partial charge on any atom is 0.306 e. The first-order valence-electron chi connectivity index (χ1n) is 9.55. The molecule has 0 spiro atoms. The van der Waals surface area contributed by atoms with Crippen LogP contribution in [0.5, 0.6) is 0 Å². The maximum atomic E-state index is 10.4. The Hall–Kier alpha value is -2.12. The molecule has 0 bridgehead atoms. The summed E-state index contributed by atoms with van der Waals surface area (Å²) >= 11 is 0. The van der Waals surface area contributed by atoms with Crippen molar-refractivity contribution in [2.45, 2.75) is 90.4 Å². The molecule has 1 atom stereocenters. The van der Waals surface area contributed by atoms with Crippen LogP contribution in [0.2, 0.25) is 0 Å². The van der Waals surface area contributed by atoms with E-state index in [0.29, 0.717) is 25.7 Å². The van der Waals surface area contributed by atoms with Crippen LogP contribution in [0, 0.1) is 5.92 Å². The van der Waals surface area contributed by atoms with Gasteiger partial charge in [0.05, 0.1) is 5.92 Å². The molecule has 0 aromatic heterocycles. The molecular weight excluding hydrogens is 356 g/mol. The summed E-state index contributed by atoms with van der Waals surface area (Å²) in [6.07, 6.45) is 8.78. The van der Waals surface area contributed by atoms with Gasteiger partial charge in [-0.2, -0.15) is 0 Å². The van der Waals surface area contributed by atoms with Crippen molar-refractivity contribution in [3.05, 3.63) is 0 Å². The van der Waals surface area contributed by atoms with Gasteiger partial charge in [0.15, 0.2) is 0 Å². The van der Waals surface area contributed by atoms with Crippen LogP contribution < -0.4 is 0 Å². The van der Waals surface area contributed by atoms with E-state index in [1.54, 1.807) is 6.92 Å². The first-order valence-corrected chi connectivity index (χ1v) is 9.55. The third-order valence-corrected chi connectivity index (χ3v) is 3.98. The quantitative estimate of drug-likeness (QED) is 0.289. The van der Waals surface area contributed by atoms with E-state index in [4.69, 9.17) is 20.4 Å². The van der Waals surface area contributed by atoms with Crippen LogP contribution in [-0.4, -0.2) is 44.3 Å². The molecular formula is C19H34O8. The van der Waals surface area contributed by atoms with Crippen LogP contribution >= 0.6 is 0 Å². The van der Waals surface area contributed by atoms with Crippen molar-refractivity contribution in [1.29, 1.82) is 0 Å². The number of unbranched alkanes of at least 4 members (excludes halogenated alkanes) is 7. The predicted octanol–water partition coefficient (Wildman–Crippen LogP) is 4.02. The molecule has 0 rings (SSSR count). The molecule has 0 amide bonds. The molecule has 27 heavy (non-hydrogen) atoms. The Bertz CT molecular complexity index is 415. The Morgan fingerprint density at radius 1 is 0.556 bits per heavy atom. The summed E-state index contributed by atoms with van der Waals surface area (Å²) in [7, 11) is 0. The highest BCUT2D eigenvalue weighted by atomic mass is 16.4. The second-order valence-electron chi connectivity index (χ2n) is 6.64. The van der Waals surface area contributed by atoms with E-state index < -0.39 is 23.9 Å². The third kappa shape index (κ3) is 26.2. The van der Waals surface area contributed by atoms with Crippen molar-refractivity contribution in [2.24, 2.45) is 5.92 Å². The van der Waals surface area contributed by atoms with E-state index >= 15 is 0 Å². The topological polar surface area (TPSA) is 149 Å². The lowest BCUT2D eigenvalue weighted by atomic mass is 10.0. The molecule has 0 heterocycles. The van der Waals surface area contributed by atoms with Gasteiger partial charge in [0, 0.05) is 19.3 Å². The van der Waals surface area contributed by atoms with Gasteiger partial charge in [0.2, 0.25) is 0 Å². The number of carbonyl (C=O) groups is 4. The molecule has 1 unspecified atom stereocenters. The van der Waals surface area contributed by atoms with Crippen LogP contribution in [0.25, 0.3) is 0 Å². The molecule has 0 saturated carbocycles. The molecule has 0 aliphatic heterocycles. The Labute approximate surface area is 160 Å². The first kappa shape index (κ1) is 27.1. The highest BCUT2D eigenvalue weighted by Gasteiger charge is 2.09. The molecule has 0 aromatic rings. The Morgan fingerprint density at radius 2 is 0.852 bits per heavy atom. The average Bonchev–Trinajstić information content (AvgIpc) is 2.56. The van der Waals surface area contributed by atoms with E-state index in [0.717, 1.165) is 38.5 Å². The van der Waals surface area contributed by atoms with Crippen LogP contribution in [-0.2, 0) is 19.2 Å². The van der Waals surface area contributed by atoms with Crippen molar-refractivity contribution >= 4 is 23.9 Å². The minimum absolute atomic E-state index is 0.217. The summed E-state index contributed by atoms with van der Waals surface area (Å²) in [6, 6.07) is 0. The number of aliphatic carboxylic acids is 4. The zero-order valence-corrected chi connectivity index (χ0v) is 16.2. The van der Waals surface area contributed by atoms with Crippen molar-refractivity contribution in [3.63, 3.8) is 0 Å². The van der Waals surface area contributed by atoms with E-state index in [2.05, 4.69) is 0 Å². The van der Waals surface area contributed by atoms with Gasteiger partial charge in [-0.1, -0.05) is 45.4 Å². The van der Waals surface area contributed by atoms with E-state index in [-0.39, 0.29) is 25.2 Å². The van der Waals surface area contributed by atoms with E-state index in [9.17, 15) is 19.2 Å². The fourth-order valence-corrected chi connectivity index (χ4v) is 2.29. The van der Waals surface area contributed by atoms with Gasteiger partial charge >= 0.3 is 23.9 Å². The summed E-state index contributed by atoms with van der Waals surface area (Å²) in [5.41, 5.74) is 0. The highest BCUT2D eigenvalue weighted by Crippen LogP contribution is 2.11. The summed E-state index contributed by atoms with van der Waals surface area (Å²) < 4.78 is 0. The minimum Gasteiger partial charge on any atom is -0.481 e. The number of hydrogen-bond donors (Lipinski definition) is 4. The summed E-state index contributed by atoms with van der Waals surface area (Å²) in [5.74, 6) is -3.31. The first-order chi connectivity index (χ1) is 12.7. The Kier molecular flexibility index (Phi) is 18.7. The lowest BCUT2D eigenvalue weighted by Crippen LogP contribution is -2.08.